The quantitative estimate of drug-likeness (QED) is 0.616. The second-order valence-corrected chi connectivity index (χ2v) is 8.42. The molecule has 1 aliphatic rings. The van der Waals surface area contributed by atoms with E-state index in [-0.39, 0.29) is 29.4 Å². The molecule has 4 rings (SSSR count). The first-order valence-corrected chi connectivity index (χ1v) is 9.83. The van der Waals surface area contributed by atoms with Crippen molar-refractivity contribution in [1.82, 2.24) is 19.6 Å². The minimum Gasteiger partial charge on any atom is -0.462 e. The zero-order valence-electron chi connectivity index (χ0n) is 17.3. The molecular weight excluding hydrogens is 387 g/mol. The molecule has 0 radical (unpaired) electrons. The molecule has 0 N–H and O–H groups in total. The molecule has 2 aromatic heterocycles. The maximum absolute atomic E-state index is 13.4. The number of aromatic nitrogens is 4. The van der Waals surface area contributed by atoms with Crippen molar-refractivity contribution in [1.29, 1.82) is 0 Å². The number of nitrogens with zero attached hydrogens (tertiary/aromatic N) is 4. The molecule has 0 aliphatic carbocycles. The fourth-order valence-corrected chi connectivity index (χ4v) is 3.80. The lowest BCUT2D eigenvalue weighted by Crippen LogP contribution is -2.35. The maximum atomic E-state index is 13.4. The fraction of sp³-hybridized carbons (Fsp3) is 0.364. The SMILES string of the molecule is CCOC(=O)c1cn2c(cc1=O)-c1c(-c3ccc(F)cc3)nnn1C[C@H]2C(C)(C)C. The van der Waals surface area contributed by atoms with Crippen LogP contribution in [0.25, 0.3) is 22.6 Å². The number of hydrogen-bond acceptors (Lipinski definition) is 5. The molecule has 0 fully saturated rings. The van der Waals surface area contributed by atoms with Crippen LogP contribution in [0.3, 0.4) is 0 Å². The summed E-state index contributed by atoms with van der Waals surface area (Å²) in [6.07, 6.45) is 1.58. The van der Waals surface area contributed by atoms with Crippen molar-refractivity contribution in [3.8, 4) is 22.6 Å². The summed E-state index contributed by atoms with van der Waals surface area (Å²) in [7, 11) is 0. The number of esters is 1. The van der Waals surface area contributed by atoms with Gasteiger partial charge in [0, 0.05) is 17.8 Å². The third-order valence-electron chi connectivity index (χ3n) is 5.35. The molecule has 30 heavy (non-hydrogen) atoms. The lowest BCUT2D eigenvalue weighted by Gasteiger charge is -2.38. The van der Waals surface area contributed by atoms with Crippen molar-refractivity contribution in [2.45, 2.75) is 40.3 Å². The molecule has 1 aliphatic heterocycles. The van der Waals surface area contributed by atoms with Gasteiger partial charge in [0.25, 0.3) is 0 Å². The summed E-state index contributed by atoms with van der Waals surface area (Å²) in [6, 6.07) is 7.34. The maximum Gasteiger partial charge on any atom is 0.343 e. The summed E-state index contributed by atoms with van der Waals surface area (Å²) in [6.45, 7) is 8.68. The molecule has 1 atom stereocenters. The van der Waals surface area contributed by atoms with Gasteiger partial charge in [0.1, 0.15) is 22.8 Å². The predicted octanol–water partition coefficient (Wildman–Crippen LogP) is 3.69. The number of hydrogen-bond donors (Lipinski definition) is 0. The standard InChI is InChI=1S/C22H23FN4O3/c1-5-30-21(29)15-11-26-16(10-17(15)28)20-19(13-6-8-14(23)9-7-13)24-25-27(20)12-18(26)22(2,3)4/h6-11,18H,5,12H2,1-4H3/t18-/m0/s1. The van der Waals surface area contributed by atoms with Gasteiger partial charge >= 0.3 is 5.97 Å². The van der Waals surface area contributed by atoms with Gasteiger partial charge in [-0.1, -0.05) is 26.0 Å². The normalized spacial score (nSPS) is 15.4. The highest BCUT2D eigenvalue weighted by Crippen LogP contribution is 2.41. The van der Waals surface area contributed by atoms with Gasteiger partial charge in [0.05, 0.1) is 24.9 Å². The zero-order valence-corrected chi connectivity index (χ0v) is 17.3. The number of halogens is 1. The Morgan fingerprint density at radius 3 is 2.60 bits per heavy atom. The van der Waals surface area contributed by atoms with E-state index in [2.05, 4.69) is 31.1 Å². The molecule has 0 unspecified atom stereocenters. The summed E-state index contributed by atoms with van der Waals surface area (Å²) >= 11 is 0. The third kappa shape index (κ3) is 3.32. The van der Waals surface area contributed by atoms with Gasteiger partial charge in [0.2, 0.25) is 0 Å². The molecule has 0 saturated heterocycles. The Bertz CT molecular complexity index is 1170. The number of pyridine rings is 1. The van der Waals surface area contributed by atoms with Crippen molar-refractivity contribution in [3.05, 3.63) is 58.1 Å². The van der Waals surface area contributed by atoms with Crippen LogP contribution in [0.4, 0.5) is 4.39 Å². The van der Waals surface area contributed by atoms with Crippen LogP contribution in [0, 0.1) is 11.2 Å². The second kappa shape index (κ2) is 7.19. The Kier molecular flexibility index (Phi) is 4.80. The van der Waals surface area contributed by atoms with Gasteiger partial charge in [-0.15, -0.1) is 5.10 Å². The van der Waals surface area contributed by atoms with E-state index in [0.29, 0.717) is 29.2 Å². The molecule has 3 aromatic rings. The van der Waals surface area contributed by atoms with Crippen LogP contribution < -0.4 is 5.43 Å². The van der Waals surface area contributed by atoms with Crippen LogP contribution in [-0.2, 0) is 11.3 Å². The smallest absolute Gasteiger partial charge is 0.343 e. The van der Waals surface area contributed by atoms with E-state index in [4.69, 9.17) is 4.74 Å². The Hall–Kier alpha value is -3.29. The molecule has 1 aromatic carbocycles. The Morgan fingerprint density at radius 1 is 1.27 bits per heavy atom. The van der Waals surface area contributed by atoms with Crippen LogP contribution in [0.5, 0.6) is 0 Å². The summed E-state index contributed by atoms with van der Waals surface area (Å²) < 4.78 is 22.2. The summed E-state index contributed by atoms with van der Waals surface area (Å²) in [4.78, 5) is 25.1. The number of ether oxygens (including phenoxy) is 1. The molecule has 3 heterocycles. The summed E-state index contributed by atoms with van der Waals surface area (Å²) in [5.41, 5.74) is 1.92. The average Bonchev–Trinajstić information content (AvgIpc) is 3.11. The molecule has 0 spiro atoms. The second-order valence-electron chi connectivity index (χ2n) is 8.42. The van der Waals surface area contributed by atoms with E-state index in [1.807, 2.05) is 4.57 Å². The highest BCUT2D eigenvalue weighted by atomic mass is 19.1. The summed E-state index contributed by atoms with van der Waals surface area (Å²) in [5.74, 6) is -0.982. The van der Waals surface area contributed by atoms with Crippen molar-refractivity contribution in [2.24, 2.45) is 5.41 Å². The molecular formula is C22H23FN4O3. The van der Waals surface area contributed by atoms with Crippen molar-refractivity contribution >= 4 is 5.97 Å². The van der Waals surface area contributed by atoms with Gasteiger partial charge in [-0.25, -0.2) is 13.9 Å². The summed E-state index contributed by atoms with van der Waals surface area (Å²) in [5, 5.41) is 8.61. The lowest BCUT2D eigenvalue weighted by molar-refractivity contribution is 0.0522. The first kappa shape index (κ1) is 20.0. The zero-order chi connectivity index (χ0) is 21.6. The van der Waals surface area contributed by atoms with Gasteiger partial charge < -0.3 is 9.30 Å². The number of carbonyl (C=O) groups is 1. The molecule has 8 heteroatoms. The van der Waals surface area contributed by atoms with Crippen molar-refractivity contribution in [3.63, 3.8) is 0 Å². The molecule has 0 bridgehead atoms. The van der Waals surface area contributed by atoms with Gasteiger partial charge in [-0.2, -0.15) is 0 Å². The molecule has 156 valence electrons. The topological polar surface area (TPSA) is 79.0 Å². The molecule has 0 saturated carbocycles. The van der Waals surface area contributed by atoms with Crippen molar-refractivity contribution < 1.29 is 13.9 Å². The van der Waals surface area contributed by atoms with Crippen LogP contribution >= 0.6 is 0 Å². The first-order valence-electron chi connectivity index (χ1n) is 9.83. The van der Waals surface area contributed by atoms with E-state index in [9.17, 15) is 14.0 Å². The minimum absolute atomic E-state index is 0.000827. The van der Waals surface area contributed by atoms with Crippen LogP contribution in [-0.4, -0.2) is 32.1 Å². The number of benzene rings is 1. The van der Waals surface area contributed by atoms with Gasteiger partial charge in [-0.3, -0.25) is 4.79 Å². The van der Waals surface area contributed by atoms with Crippen LogP contribution in [0.2, 0.25) is 0 Å². The largest absolute Gasteiger partial charge is 0.462 e. The number of carbonyl (C=O) groups excluding carboxylic acids is 1. The van der Waals surface area contributed by atoms with Gasteiger partial charge in [-0.05, 0) is 36.6 Å². The number of rotatable bonds is 3. The number of fused-ring (bicyclic) bond motifs is 3. The highest BCUT2D eigenvalue weighted by molar-refractivity contribution is 5.89. The van der Waals surface area contributed by atoms with Crippen molar-refractivity contribution in [2.75, 3.05) is 6.61 Å². The molecule has 7 nitrogen and oxygen atoms in total. The van der Waals surface area contributed by atoms with E-state index in [0.717, 1.165) is 0 Å². The lowest BCUT2D eigenvalue weighted by atomic mass is 9.84. The van der Waals surface area contributed by atoms with Crippen LogP contribution in [0.1, 0.15) is 44.1 Å². The van der Waals surface area contributed by atoms with E-state index in [1.54, 1.807) is 29.9 Å². The highest BCUT2D eigenvalue weighted by Gasteiger charge is 2.36. The van der Waals surface area contributed by atoms with Crippen LogP contribution in [0.15, 0.2) is 41.3 Å². The first-order chi connectivity index (χ1) is 14.2. The predicted molar refractivity (Wildman–Crippen MR) is 110 cm³/mol. The van der Waals surface area contributed by atoms with Gasteiger partial charge in [0.15, 0.2) is 5.43 Å². The Morgan fingerprint density at radius 2 is 1.97 bits per heavy atom. The Balaban J connectivity index is 1.95. The fourth-order valence-electron chi connectivity index (χ4n) is 3.80. The van der Waals surface area contributed by atoms with E-state index < -0.39 is 11.4 Å². The monoisotopic (exact) mass is 410 g/mol. The Labute approximate surface area is 173 Å². The third-order valence-corrected chi connectivity index (χ3v) is 5.35. The average molecular weight is 410 g/mol. The van der Waals surface area contributed by atoms with E-state index in [1.165, 1.54) is 18.2 Å². The molecule has 0 amide bonds. The van der Waals surface area contributed by atoms with E-state index >= 15 is 0 Å². The minimum atomic E-state index is -0.638.